The van der Waals surface area contributed by atoms with Gasteiger partial charge in [0.2, 0.25) is 0 Å². The molecule has 3 aromatic rings. The van der Waals surface area contributed by atoms with E-state index in [1.54, 1.807) is 24.3 Å². The molecule has 0 aliphatic heterocycles. The molecule has 0 saturated heterocycles. The average Bonchev–Trinajstić information content (AvgIpc) is 3.74. The molecule has 1 atom stereocenters. The number of aromatic nitrogens is 1. The first-order chi connectivity index (χ1) is 17.3. The van der Waals surface area contributed by atoms with Crippen LogP contribution in [-0.2, 0) is 5.60 Å². The summed E-state index contributed by atoms with van der Waals surface area (Å²) in [6, 6.07) is 12.1. The lowest BCUT2D eigenvalue weighted by atomic mass is 9.92. The number of aliphatic hydroxyl groups excluding tert-OH is 1. The Bertz CT molecular complexity index is 1270. The van der Waals surface area contributed by atoms with Crippen LogP contribution in [0.2, 0.25) is 10.0 Å². The van der Waals surface area contributed by atoms with Gasteiger partial charge in [0.1, 0.15) is 35.2 Å². The maximum Gasteiger partial charge on any atom is 0.251 e. The van der Waals surface area contributed by atoms with Crippen molar-refractivity contribution in [2.75, 3.05) is 26.9 Å². The minimum Gasteiger partial charge on any atom is -0.494 e. The van der Waals surface area contributed by atoms with Gasteiger partial charge in [-0.15, -0.1) is 0 Å². The van der Waals surface area contributed by atoms with Gasteiger partial charge < -0.3 is 25.0 Å². The summed E-state index contributed by atoms with van der Waals surface area (Å²) >= 11 is 12.2. The number of methoxy groups -OCH3 is 1. The second kappa shape index (κ2) is 11.0. The van der Waals surface area contributed by atoms with Crippen molar-refractivity contribution in [3.05, 3.63) is 75.7 Å². The van der Waals surface area contributed by atoms with E-state index in [0.717, 1.165) is 12.8 Å². The number of amides is 1. The molecule has 190 valence electrons. The molecule has 1 fully saturated rings. The average molecular weight is 535 g/mol. The molecule has 1 aromatic heterocycles. The van der Waals surface area contributed by atoms with Crippen molar-refractivity contribution in [1.29, 1.82) is 0 Å². The van der Waals surface area contributed by atoms with Gasteiger partial charge in [0, 0.05) is 11.1 Å². The van der Waals surface area contributed by atoms with Crippen molar-refractivity contribution >= 4 is 29.1 Å². The van der Waals surface area contributed by atoms with E-state index in [9.17, 15) is 14.3 Å². The number of nitrogens with one attached hydrogen (secondary N) is 1. The summed E-state index contributed by atoms with van der Waals surface area (Å²) in [6.45, 7) is -0.159. The summed E-state index contributed by atoms with van der Waals surface area (Å²) in [4.78, 5) is 17.5. The number of hydrogen-bond donors (Lipinski definition) is 3. The van der Waals surface area contributed by atoms with Crippen LogP contribution in [-0.4, -0.2) is 48.0 Å². The van der Waals surface area contributed by atoms with Gasteiger partial charge in [-0.3, -0.25) is 4.79 Å². The molecule has 0 spiro atoms. The van der Waals surface area contributed by atoms with Crippen LogP contribution in [0.25, 0.3) is 11.3 Å². The molecular weight excluding hydrogens is 510 g/mol. The smallest absolute Gasteiger partial charge is 0.251 e. The number of halogens is 3. The van der Waals surface area contributed by atoms with E-state index in [0.29, 0.717) is 34.0 Å². The zero-order chi connectivity index (χ0) is 25.9. The third kappa shape index (κ3) is 5.57. The van der Waals surface area contributed by atoms with Gasteiger partial charge in [-0.25, -0.2) is 9.37 Å². The molecule has 4 rings (SSSR count). The first-order valence-electron chi connectivity index (χ1n) is 11.3. The Morgan fingerprint density at radius 2 is 1.89 bits per heavy atom. The van der Waals surface area contributed by atoms with Crippen molar-refractivity contribution in [3.8, 4) is 22.8 Å². The van der Waals surface area contributed by atoms with Gasteiger partial charge in [-0.05, 0) is 67.3 Å². The molecule has 10 heteroatoms. The van der Waals surface area contributed by atoms with Gasteiger partial charge in [0.15, 0.2) is 0 Å². The summed E-state index contributed by atoms with van der Waals surface area (Å²) in [5.41, 5.74) is 0.133. The number of pyridine rings is 1. The third-order valence-corrected chi connectivity index (χ3v) is 6.61. The molecule has 0 radical (unpaired) electrons. The lowest BCUT2D eigenvalue weighted by Gasteiger charge is -2.29. The SMILES string of the molecule is COc1ccc(C(O)(CNC(=O)c2ccc(OCCO)c(Cl)c2)C2CC2)nc1-c1ccc(F)c(Cl)c1. The Hall–Kier alpha value is -2.91. The Labute approximate surface area is 217 Å². The molecule has 7 nitrogen and oxygen atoms in total. The normalized spacial score (nSPS) is 14.7. The van der Waals surface area contributed by atoms with E-state index in [-0.39, 0.29) is 35.7 Å². The fourth-order valence-electron chi connectivity index (χ4n) is 3.94. The number of carbonyl (C=O) groups is 1. The Kier molecular flexibility index (Phi) is 8.00. The number of rotatable bonds is 10. The van der Waals surface area contributed by atoms with Crippen LogP contribution in [0.4, 0.5) is 4.39 Å². The maximum absolute atomic E-state index is 13.7. The molecule has 3 N–H and O–H groups in total. The van der Waals surface area contributed by atoms with Gasteiger partial charge in [-0.2, -0.15) is 0 Å². The predicted octanol–water partition coefficient (Wildman–Crippen LogP) is 4.60. The highest BCUT2D eigenvalue weighted by Gasteiger charge is 2.46. The Balaban J connectivity index is 1.58. The lowest BCUT2D eigenvalue weighted by molar-refractivity contribution is 0.00953. The Morgan fingerprint density at radius 1 is 1.14 bits per heavy atom. The number of aliphatic hydroxyl groups is 2. The van der Waals surface area contributed by atoms with Gasteiger partial charge >= 0.3 is 0 Å². The first kappa shape index (κ1) is 26.2. The molecule has 1 saturated carbocycles. The summed E-state index contributed by atoms with van der Waals surface area (Å²) < 4.78 is 24.4. The fraction of sp³-hybridized carbons (Fsp3) is 0.308. The predicted molar refractivity (Wildman–Crippen MR) is 134 cm³/mol. The van der Waals surface area contributed by atoms with E-state index < -0.39 is 17.3 Å². The molecule has 1 heterocycles. The topological polar surface area (TPSA) is 101 Å². The highest BCUT2D eigenvalue weighted by atomic mass is 35.5. The third-order valence-electron chi connectivity index (χ3n) is 6.03. The van der Waals surface area contributed by atoms with Crippen molar-refractivity contribution in [2.45, 2.75) is 18.4 Å². The molecular formula is C26H25Cl2FN2O5. The van der Waals surface area contributed by atoms with E-state index in [2.05, 4.69) is 10.3 Å². The maximum atomic E-state index is 13.7. The van der Waals surface area contributed by atoms with E-state index in [1.807, 2.05) is 0 Å². The first-order valence-corrected chi connectivity index (χ1v) is 12.1. The van der Waals surface area contributed by atoms with Crippen LogP contribution in [0.15, 0.2) is 48.5 Å². The second-order valence-corrected chi connectivity index (χ2v) is 9.29. The van der Waals surface area contributed by atoms with E-state index in [1.165, 1.54) is 31.4 Å². The molecule has 0 bridgehead atoms. The number of benzene rings is 2. The number of ether oxygens (including phenoxy) is 2. The highest BCUT2D eigenvalue weighted by Crippen LogP contribution is 2.46. The minimum atomic E-state index is -1.44. The van der Waals surface area contributed by atoms with Crippen LogP contribution in [0.5, 0.6) is 11.5 Å². The standard InChI is InChI=1S/C26H25Cl2FN2O5/c1-35-22-8-9-23(31-24(22)15-2-6-20(29)18(27)12-15)26(34,17-4-5-17)14-30-25(33)16-3-7-21(19(28)13-16)36-11-10-32/h2-3,6-9,12-13,17,32,34H,4-5,10-11,14H2,1H3,(H,30,33). The largest absolute Gasteiger partial charge is 0.494 e. The van der Waals surface area contributed by atoms with Gasteiger partial charge in [-0.1, -0.05) is 23.2 Å². The van der Waals surface area contributed by atoms with Crippen molar-refractivity contribution in [2.24, 2.45) is 5.92 Å². The molecule has 1 unspecified atom stereocenters. The van der Waals surface area contributed by atoms with Crippen molar-refractivity contribution in [1.82, 2.24) is 10.3 Å². The minimum absolute atomic E-state index is 0.0575. The monoisotopic (exact) mass is 534 g/mol. The van der Waals surface area contributed by atoms with E-state index in [4.69, 9.17) is 37.8 Å². The van der Waals surface area contributed by atoms with Crippen LogP contribution >= 0.6 is 23.2 Å². The zero-order valence-electron chi connectivity index (χ0n) is 19.4. The summed E-state index contributed by atoms with van der Waals surface area (Å²) in [7, 11) is 1.49. The molecule has 2 aromatic carbocycles. The summed E-state index contributed by atoms with van der Waals surface area (Å²) in [5.74, 6) is -0.292. The van der Waals surface area contributed by atoms with E-state index >= 15 is 0 Å². The van der Waals surface area contributed by atoms with Gasteiger partial charge in [0.25, 0.3) is 5.91 Å². The van der Waals surface area contributed by atoms with Crippen LogP contribution in [0.3, 0.4) is 0 Å². The molecule has 1 amide bonds. The van der Waals surface area contributed by atoms with Crippen LogP contribution < -0.4 is 14.8 Å². The zero-order valence-corrected chi connectivity index (χ0v) is 20.9. The fourth-order valence-corrected chi connectivity index (χ4v) is 4.35. The van der Waals surface area contributed by atoms with Crippen LogP contribution in [0.1, 0.15) is 28.9 Å². The second-order valence-electron chi connectivity index (χ2n) is 8.47. The van der Waals surface area contributed by atoms with Crippen LogP contribution in [0, 0.1) is 11.7 Å². The summed E-state index contributed by atoms with van der Waals surface area (Å²) in [5, 5.41) is 23.5. The number of nitrogens with zero attached hydrogens (tertiary/aromatic N) is 1. The molecule has 1 aliphatic rings. The van der Waals surface area contributed by atoms with Crippen molar-refractivity contribution < 1.29 is 28.9 Å². The molecule has 1 aliphatic carbocycles. The quantitative estimate of drug-likeness (QED) is 0.351. The Morgan fingerprint density at radius 3 is 2.53 bits per heavy atom. The summed E-state index contributed by atoms with van der Waals surface area (Å²) in [6.07, 6.45) is 1.56. The highest BCUT2D eigenvalue weighted by molar-refractivity contribution is 6.32. The number of carbonyl (C=O) groups excluding carboxylic acids is 1. The lowest BCUT2D eigenvalue weighted by Crippen LogP contribution is -2.43. The van der Waals surface area contributed by atoms with Gasteiger partial charge in [0.05, 0.1) is 36.0 Å². The number of hydrogen-bond acceptors (Lipinski definition) is 6. The van der Waals surface area contributed by atoms with Crippen molar-refractivity contribution in [3.63, 3.8) is 0 Å². The molecule has 36 heavy (non-hydrogen) atoms.